The predicted octanol–water partition coefficient (Wildman–Crippen LogP) is 6.37. The van der Waals surface area contributed by atoms with Crippen LogP contribution in [-0.4, -0.2) is 66.1 Å². The Kier molecular flexibility index (Phi) is 13.1. The number of aliphatic carboxylic acids is 2. The minimum absolute atomic E-state index is 0.00480. The molecule has 10 heteroatoms. The molecule has 1 amide bonds. The lowest BCUT2D eigenvalue weighted by Gasteiger charge is -2.29. The molecule has 0 radical (unpaired) electrons. The number of carboxylic acids is 2. The molecule has 0 spiro atoms. The molecule has 0 saturated carbocycles. The van der Waals surface area contributed by atoms with Crippen LogP contribution in [0.15, 0.2) is 60.2 Å². The van der Waals surface area contributed by atoms with E-state index in [2.05, 4.69) is 0 Å². The number of hydrogen-bond donors (Lipinski definition) is 2. The van der Waals surface area contributed by atoms with Gasteiger partial charge in [-0.15, -0.1) is 0 Å². The number of aryl methyl sites for hydroxylation is 1. The second-order valence-corrected chi connectivity index (χ2v) is 11.1. The Morgan fingerprint density at radius 2 is 1.59 bits per heavy atom. The van der Waals surface area contributed by atoms with Crippen LogP contribution >= 0.6 is 0 Å². The Morgan fingerprint density at radius 1 is 0.886 bits per heavy atom. The van der Waals surface area contributed by atoms with Crippen LogP contribution in [0, 0.1) is 5.82 Å². The van der Waals surface area contributed by atoms with Crippen molar-refractivity contribution < 1.29 is 42.9 Å². The van der Waals surface area contributed by atoms with Gasteiger partial charge in [0, 0.05) is 38.9 Å². The van der Waals surface area contributed by atoms with E-state index in [-0.39, 0.29) is 44.0 Å². The first kappa shape index (κ1) is 34.4. The number of rotatable bonds is 18. The Bertz CT molecular complexity index is 1350. The van der Waals surface area contributed by atoms with Crippen LogP contribution in [-0.2, 0) is 32.0 Å². The number of nitrogens with zero attached hydrogens (tertiary/aromatic N) is 1. The molecule has 0 aromatic heterocycles. The highest BCUT2D eigenvalue weighted by Crippen LogP contribution is 2.37. The van der Waals surface area contributed by atoms with Crippen LogP contribution in [0.2, 0.25) is 0 Å². The van der Waals surface area contributed by atoms with Gasteiger partial charge in [0.2, 0.25) is 5.85 Å². The minimum atomic E-state index is -2.18. The summed E-state index contributed by atoms with van der Waals surface area (Å²) in [5.74, 6) is -4.16. The number of amides is 1. The van der Waals surface area contributed by atoms with E-state index in [1.807, 2.05) is 12.1 Å². The molecular weight excluding hydrogens is 572 g/mol. The maximum absolute atomic E-state index is 16.0. The maximum atomic E-state index is 16.0. The second-order valence-electron chi connectivity index (χ2n) is 11.1. The molecule has 2 N–H and O–H groups in total. The van der Waals surface area contributed by atoms with Crippen LogP contribution in [0.4, 0.5) is 8.78 Å². The largest absolute Gasteiger partial charge is 0.493 e. The summed E-state index contributed by atoms with van der Waals surface area (Å²) in [6, 6.07) is 11.3. The lowest BCUT2D eigenvalue weighted by Crippen LogP contribution is -2.32. The summed E-state index contributed by atoms with van der Waals surface area (Å²) in [7, 11) is 3.18. The number of carbonyl (C=O) groups is 3. The van der Waals surface area contributed by atoms with Crippen molar-refractivity contribution in [3.8, 4) is 5.75 Å². The number of carbonyl (C=O) groups excluding carboxylic acids is 1. The zero-order chi connectivity index (χ0) is 32.1. The van der Waals surface area contributed by atoms with Crippen molar-refractivity contribution in [1.29, 1.82) is 0 Å². The SMILES string of the molecule is CN(C)C(=O)C1=CC(F)(OCCCCCCc2cccc(OCCCC(=O)O)c2CCC(=O)O)CC(c2ccc(F)cc2)=C1. The summed E-state index contributed by atoms with van der Waals surface area (Å²) in [4.78, 5) is 36.0. The molecule has 2 aromatic rings. The molecule has 1 atom stereocenters. The molecule has 1 unspecified atom stereocenters. The fraction of sp³-hybridized carbons (Fsp3) is 0.441. The lowest BCUT2D eigenvalue weighted by molar-refractivity contribution is -0.138. The monoisotopic (exact) mass is 613 g/mol. The van der Waals surface area contributed by atoms with E-state index >= 15 is 4.39 Å². The first-order chi connectivity index (χ1) is 21.0. The molecule has 0 bridgehead atoms. The Morgan fingerprint density at radius 3 is 2.27 bits per heavy atom. The van der Waals surface area contributed by atoms with Crippen molar-refractivity contribution in [2.24, 2.45) is 0 Å². The number of hydrogen-bond acceptors (Lipinski definition) is 5. The molecule has 0 heterocycles. The standard InChI is InChI=1S/C34H41F2NO7/c1-37(2)33(42)27-21-26(24-13-15-28(35)16-14-24)22-34(36,23-27)44-20-6-4-3-5-9-25-10-7-11-30(29(25)17-18-32(40)41)43-19-8-12-31(38)39/h7,10-11,13-16,21,23H,3-6,8-9,12,17-20,22H2,1-2H3,(H,38,39)(H,40,41). The summed E-state index contributed by atoms with van der Waals surface area (Å²) in [6.07, 6.45) is 7.11. The molecule has 1 aliphatic rings. The summed E-state index contributed by atoms with van der Waals surface area (Å²) < 4.78 is 40.9. The van der Waals surface area contributed by atoms with Gasteiger partial charge >= 0.3 is 11.9 Å². The zero-order valence-corrected chi connectivity index (χ0v) is 25.3. The molecule has 3 rings (SSSR count). The van der Waals surface area contributed by atoms with Crippen molar-refractivity contribution in [2.45, 2.75) is 70.1 Å². The number of carboxylic acid groups (broad SMARTS) is 2. The van der Waals surface area contributed by atoms with E-state index in [9.17, 15) is 23.9 Å². The number of unbranched alkanes of at least 4 members (excludes halogenated alkanes) is 3. The van der Waals surface area contributed by atoms with Crippen LogP contribution in [0.3, 0.4) is 0 Å². The predicted molar refractivity (Wildman–Crippen MR) is 162 cm³/mol. The molecule has 238 valence electrons. The smallest absolute Gasteiger partial charge is 0.303 e. The molecule has 2 aromatic carbocycles. The molecule has 8 nitrogen and oxygen atoms in total. The summed E-state index contributed by atoms with van der Waals surface area (Å²) in [6.45, 7) is 0.379. The average Bonchev–Trinajstić information content (AvgIpc) is 2.97. The number of halogens is 2. The van der Waals surface area contributed by atoms with Gasteiger partial charge in [-0.2, -0.15) is 0 Å². The van der Waals surface area contributed by atoms with Crippen LogP contribution in [0.1, 0.15) is 68.1 Å². The Hall–Kier alpha value is -4.05. The topological polar surface area (TPSA) is 113 Å². The summed E-state index contributed by atoms with van der Waals surface area (Å²) in [5.41, 5.74) is 3.16. The fourth-order valence-electron chi connectivity index (χ4n) is 5.06. The highest BCUT2D eigenvalue weighted by atomic mass is 19.2. The van der Waals surface area contributed by atoms with Crippen LogP contribution < -0.4 is 4.74 Å². The van der Waals surface area contributed by atoms with Crippen molar-refractivity contribution in [2.75, 3.05) is 27.3 Å². The van der Waals surface area contributed by atoms with Crippen molar-refractivity contribution in [3.63, 3.8) is 0 Å². The number of benzene rings is 2. The Balaban J connectivity index is 1.53. The third-order valence-electron chi connectivity index (χ3n) is 7.29. The third kappa shape index (κ3) is 10.9. The van der Waals surface area contributed by atoms with Crippen LogP contribution in [0.5, 0.6) is 5.75 Å². The van der Waals surface area contributed by atoms with E-state index < -0.39 is 23.6 Å². The van der Waals surface area contributed by atoms with Crippen LogP contribution in [0.25, 0.3) is 5.57 Å². The molecule has 0 saturated heterocycles. The van der Waals surface area contributed by atoms with Crippen molar-refractivity contribution in [3.05, 3.63) is 82.7 Å². The summed E-state index contributed by atoms with van der Waals surface area (Å²) in [5, 5.41) is 18.0. The van der Waals surface area contributed by atoms with Gasteiger partial charge in [0.05, 0.1) is 13.2 Å². The average molecular weight is 614 g/mol. The Labute approximate surface area is 257 Å². The van der Waals surface area contributed by atoms with E-state index in [4.69, 9.17) is 14.6 Å². The van der Waals surface area contributed by atoms with Gasteiger partial charge in [-0.25, -0.2) is 8.78 Å². The first-order valence-corrected chi connectivity index (χ1v) is 14.9. The van der Waals surface area contributed by atoms with Crippen molar-refractivity contribution in [1.82, 2.24) is 4.90 Å². The maximum Gasteiger partial charge on any atom is 0.303 e. The molecule has 0 aliphatic heterocycles. The lowest BCUT2D eigenvalue weighted by atomic mass is 9.90. The van der Waals surface area contributed by atoms with Crippen molar-refractivity contribution >= 4 is 23.4 Å². The van der Waals surface area contributed by atoms with E-state index in [1.165, 1.54) is 23.1 Å². The van der Waals surface area contributed by atoms with Gasteiger partial charge in [-0.1, -0.05) is 37.1 Å². The van der Waals surface area contributed by atoms with Gasteiger partial charge in [0.25, 0.3) is 5.91 Å². The van der Waals surface area contributed by atoms with Gasteiger partial charge in [-0.05, 0) is 84.7 Å². The van der Waals surface area contributed by atoms with Gasteiger partial charge < -0.3 is 24.6 Å². The highest BCUT2D eigenvalue weighted by molar-refractivity contribution is 5.99. The summed E-state index contributed by atoms with van der Waals surface area (Å²) >= 11 is 0. The van der Waals surface area contributed by atoms with E-state index in [1.54, 1.807) is 38.4 Å². The van der Waals surface area contributed by atoms with Gasteiger partial charge in [-0.3, -0.25) is 14.4 Å². The quantitative estimate of drug-likeness (QED) is 0.188. The molecular formula is C34H41F2NO7. The van der Waals surface area contributed by atoms with E-state index in [0.717, 1.165) is 30.4 Å². The number of likely N-dealkylation sites (N-methyl/N-ethyl adjacent to an activating group) is 1. The second kappa shape index (κ2) is 16.7. The third-order valence-corrected chi connectivity index (χ3v) is 7.29. The molecule has 44 heavy (non-hydrogen) atoms. The highest BCUT2D eigenvalue weighted by Gasteiger charge is 2.35. The molecule has 1 aliphatic carbocycles. The number of alkyl halides is 1. The first-order valence-electron chi connectivity index (χ1n) is 14.9. The minimum Gasteiger partial charge on any atom is -0.493 e. The van der Waals surface area contributed by atoms with E-state index in [0.29, 0.717) is 42.6 Å². The normalized spacial score (nSPS) is 16.2. The van der Waals surface area contributed by atoms with Gasteiger partial charge in [0.1, 0.15) is 11.6 Å². The number of ether oxygens (including phenoxy) is 2. The zero-order valence-electron chi connectivity index (χ0n) is 25.3. The fourth-order valence-corrected chi connectivity index (χ4v) is 5.06. The van der Waals surface area contributed by atoms with Gasteiger partial charge in [0.15, 0.2) is 0 Å². The molecule has 0 fully saturated rings.